The van der Waals surface area contributed by atoms with Crippen LogP contribution in [-0.4, -0.2) is 49.9 Å². The van der Waals surface area contributed by atoms with Gasteiger partial charge in [-0.1, -0.05) is 32.9 Å². The lowest BCUT2D eigenvalue weighted by molar-refractivity contribution is 0.344. The summed E-state index contributed by atoms with van der Waals surface area (Å²) in [6, 6.07) is 8.82. The second kappa shape index (κ2) is 9.51. The molecule has 0 amide bonds. The molecule has 0 radical (unpaired) electrons. The van der Waals surface area contributed by atoms with Gasteiger partial charge < -0.3 is 26.0 Å². The fraction of sp³-hybridized carbons (Fsp3) is 0.391. The van der Waals surface area contributed by atoms with Crippen molar-refractivity contribution < 1.29 is 23.7 Å². The number of nitrogens with zero attached hydrogens (tertiary/aromatic N) is 3. The molecule has 2 heterocycles. The summed E-state index contributed by atoms with van der Waals surface area (Å²) in [5.74, 6) is -0.102. The van der Waals surface area contributed by atoms with Crippen LogP contribution in [0.3, 0.4) is 0 Å². The van der Waals surface area contributed by atoms with Crippen LogP contribution >= 0.6 is 11.7 Å². The molecule has 0 aliphatic carbocycles. The highest BCUT2D eigenvalue weighted by molar-refractivity contribution is 7.89. The zero-order chi connectivity index (χ0) is 25.4. The van der Waals surface area contributed by atoms with Crippen molar-refractivity contribution in [2.75, 3.05) is 23.7 Å². The Bertz CT molecular complexity index is 1310. The van der Waals surface area contributed by atoms with Gasteiger partial charge in [-0.15, -0.1) is 0 Å². The number of phenols is 3. The van der Waals surface area contributed by atoms with E-state index in [9.17, 15) is 23.7 Å². The zero-order valence-corrected chi connectivity index (χ0v) is 21.3. The summed E-state index contributed by atoms with van der Waals surface area (Å²) in [4.78, 5) is -0.158. The SMILES string of the molecule is CC(C)(C)[C@@H](Nc1nsnc1Nc1cccc(S(=O)(=O)N2CCCC2)c1O)c1ccc(O)c(O)c1. The quantitative estimate of drug-likeness (QED) is 0.287. The number of phenolic OH excluding ortho intramolecular Hbond substituents is 3. The van der Waals surface area contributed by atoms with Crippen LogP contribution < -0.4 is 10.6 Å². The summed E-state index contributed by atoms with van der Waals surface area (Å²) in [6.45, 7) is 6.91. The van der Waals surface area contributed by atoms with E-state index in [2.05, 4.69) is 19.4 Å². The van der Waals surface area contributed by atoms with E-state index in [1.807, 2.05) is 20.8 Å². The van der Waals surface area contributed by atoms with Crippen molar-refractivity contribution in [3.8, 4) is 17.2 Å². The van der Waals surface area contributed by atoms with Gasteiger partial charge in [0.25, 0.3) is 0 Å². The van der Waals surface area contributed by atoms with Gasteiger partial charge in [0.1, 0.15) is 4.90 Å². The van der Waals surface area contributed by atoms with Gasteiger partial charge in [-0.25, -0.2) is 8.42 Å². The van der Waals surface area contributed by atoms with Gasteiger partial charge in [-0.3, -0.25) is 0 Å². The second-order valence-corrected chi connectivity index (χ2v) is 12.0. The van der Waals surface area contributed by atoms with E-state index in [4.69, 9.17) is 0 Å². The molecule has 0 bridgehead atoms. The predicted molar refractivity (Wildman–Crippen MR) is 135 cm³/mol. The number of aromatic hydroxyl groups is 3. The minimum absolute atomic E-state index is 0.158. The van der Waals surface area contributed by atoms with Crippen molar-refractivity contribution in [3.63, 3.8) is 0 Å². The number of para-hydroxylation sites is 1. The first kappa shape index (κ1) is 25.0. The van der Waals surface area contributed by atoms with E-state index in [-0.39, 0.29) is 39.3 Å². The van der Waals surface area contributed by atoms with Crippen molar-refractivity contribution in [2.24, 2.45) is 5.41 Å². The Morgan fingerprint density at radius 1 is 1.00 bits per heavy atom. The van der Waals surface area contributed by atoms with E-state index < -0.39 is 10.0 Å². The Morgan fingerprint density at radius 3 is 2.34 bits per heavy atom. The normalized spacial score (nSPS) is 15.7. The van der Waals surface area contributed by atoms with Gasteiger partial charge in [0.2, 0.25) is 10.0 Å². The van der Waals surface area contributed by atoms with Crippen LogP contribution in [0.15, 0.2) is 41.3 Å². The molecule has 0 unspecified atom stereocenters. The van der Waals surface area contributed by atoms with Crippen molar-refractivity contribution in [2.45, 2.75) is 44.6 Å². The molecular formula is C23H29N5O5S2. The number of benzene rings is 2. The average molecular weight is 520 g/mol. The maximum Gasteiger partial charge on any atom is 0.246 e. The molecule has 1 atom stereocenters. The zero-order valence-electron chi connectivity index (χ0n) is 19.7. The molecule has 12 heteroatoms. The summed E-state index contributed by atoms with van der Waals surface area (Å²) in [5.41, 5.74) is 0.597. The number of hydrogen-bond donors (Lipinski definition) is 5. The Hall–Kier alpha value is -3.09. The number of rotatable bonds is 7. The summed E-state index contributed by atoms with van der Waals surface area (Å²) in [5, 5.41) is 36.9. The Morgan fingerprint density at radius 2 is 1.69 bits per heavy atom. The molecule has 10 nitrogen and oxygen atoms in total. The first-order chi connectivity index (χ1) is 16.5. The molecule has 1 aromatic heterocycles. The number of sulfonamides is 1. The molecule has 2 aromatic carbocycles. The van der Waals surface area contributed by atoms with Gasteiger partial charge in [0.05, 0.1) is 23.5 Å². The average Bonchev–Trinajstić information content (AvgIpc) is 3.47. The topological polar surface area (TPSA) is 148 Å². The van der Waals surface area contributed by atoms with Gasteiger partial charge in [0, 0.05) is 13.1 Å². The van der Waals surface area contributed by atoms with Gasteiger partial charge in [0.15, 0.2) is 28.9 Å². The van der Waals surface area contributed by atoms with Crippen LogP contribution in [0.25, 0.3) is 0 Å². The molecule has 1 aliphatic rings. The number of aromatic nitrogens is 2. The predicted octanol–water partition coefficient (Wildman–Crippen LogP) is 4.38. The Labute approximate surface area is 208 Å². The van der Waals surface area contributed by atoms with Crippen LogP contribution in [0, 0.1) is 5.41 Å². The molecule has 1 aliphatic heterocycles. The largest absolute Gasteiger partial charge is 0.504 e. The Kier molecular flexibility index (Phi) is 6.80. The van der Waals surface area contributed by atoms with E-state index in [1.165, 1.54) is 22.5 Å². The number of hydrogen-bond acceptors (Lipinski definition) is 10. The molecule has 1 fully saturated rings. The van der Waals surface area contributed by atoms with E-state index in [1.54, 1.807) is 18.2 Å². The van der Waals surface area contributed by atoms with Gasteiger partial charge in [-0.2, -0.15) is 13.1 Å². The lowest BCUT2D eigenvalue weighted by Crippen LogP contribution is -2.28. The molecule has 35 heavy (non-hydrogen) atoms. The number of anilines is 3. The van der Waals surface area contributed by atoms with Crippen molar-refractivity contribution in [1.82, 2.24) is 13.1 Å². The monoisotopic (exact) mass is 519 g/mol. The van der Waals surface area contributed by atoms with Crippen molar-refractivity contribution in [1.29, 1.82) is 0 Å². The smallest absolute Gasteiger partial charge is 0.246 e. The fourth-order valence-electron chi connectivity index (χ4n) is 4.05. The van der Waals surface area contributed by atoms with Crippen molar-refractivity contribution >= 4 is 39.1 Å². The highest BCUT2D eigenvalue weighted by atomic mass is 32.2. The summed E-state index contributed by atoms with van der Waals surface area (Å²) < 4.78 is 36.0. The molecule has 4 rings (SSSR count). The molecule has 1 saturated heterocycles. The van der Waals surface area contributed by atoms with E-state index in [0.29, 0.717) is 24.7 Å². The molecule has 0 spiro atoms. The second-order valence-electron chi connectivity index (χ2n) is 9.54. The summed E-state index contributed by atoms with van der Waals surface area (Å²) >= 11 is 0.952. The minimum atomic E-state index is -3.81. The number of nitrogens with one attached hydrogen (secondary N) is 2. The van der Waals surface area contributed by atoms with Crippen LogP contribution in [0.1, 0.15) is 45.2 Å². The minimum Gasteiger partial charge on any atom is -0.504 e. The highest BCUT2D eigenvalue weighted by Crippen LogP contribution is 2.41. The first-order valence-electron chi connectivity index (χ1n) is 11.2. The molecule has 188 valence electrons. The van der Waals surface area contributed by atoms with Gasteiger partial charge in [-0.05, 0) is 48.1 Å². The first-order valence-corrected chi connectivity index (χ1v) is 13.4. The molecule has 3 aromatic rings. The van der Waals surface area contributed by atoms with Crippen LogP contribution in [0.5, 0.6) is 17.2 Å². The Balaban J connectivity index is 1.63. The third-order valence-corrected chi connectivity index (χ3v) is 8.36. The fourth-order valence-corrected chi connectivity index (χ4v) is 6.15. The lowest BCUT2D eigenvalue weighted by Gasteiger charge is -2.32. The third kappa shape index (κ3) is 5.14. The summed E-state index contributed by atoms with van der Waals surface area (Å²) in [6.07, 6.45) is 1.59. The standard InChI is InChI=1S/C23H29N5O5S2/c1-23(2,3)20(14-9-10-16(29)17(30)13-14)25-22-21(26-34-27-22)24-15-7-6-8-18(19(15)31)35(32,33)28-11-4-5-12-28/h6-10,13,20,29-31H,4-5,11-12H2,1-3H3,(H,24,26)(H,25,27)/t20-/m0/s1. The molecule has 5 N–H and O–H groups in total. The van der Waals surface area contributed by atoms with Crippen LogP contribution in [-0.2, 0) is 10.0 Å². The summed E-state index contributed by atoms with van der Waals surface area (Å²) in [7, 11) is -3.81. The molecular weight excluding hydrogens is 490 g/mol. The van der Waals surface area contributed by atoms with Crippen LogP contribution in [0.4, 0.5) is 17.3 Å². The van der Waals surface area contributed by atoms with Gasteiger partial charge >= 0.3 is 0 Å². The lowest BCUT2D eigenvalue weighted by atomic mass is 9.82. The third-order valence-electron chi connectivity index (χ3n) is 5.90. The van der Waals surface area contributed by atoms with E-state index >= 15 is 0 Å². The van der Waals surface area contributed by atoms with Crippen molar-refractivity contribution in [3.05, 3.63) is 42.0 Å². The highest BCUT2D eigenvalue weighted by Gasteiger charge is 2.31. The van der Waals surface area contributed by atoms with E-state index in [0.717, 1.165) is 30.1 Å². The van der Waals surface area contributed by atoms with Crippen LogP contribution in [0.2, 0.25) is 0 Å². The maximum absolute atomic E-state index is 13.0. The molecule has 0 saturated carbocycles. The maximum atomic E-state index is 13.0.